The minimum Gasteiger partial charge on any atom is -0.361 e. The normalized spacial score (nSPS) is 10.9. The van der Waals surface area contributed by atoms with Crippen LogP contribution in [0, 0.1) is 0 Å². The zero-order valence-electron chi connectivity index (χ0n) is 12.2. The minimum absolute atomic E-state index is 0.0842. The van der Waals surface area contributed by atoms with Crippen molar-refractivity contribution in [1.29, 1.82) is 0 Å². The first-order valence-corrected chi connectivity index (χ1v) is 9.33. The van der Waals surface area contributed by atoms with Crippen molar-refractivity contribution < 1.29 is 4.79 Å². The van der Waals surface area contributed by atoms with Crippen LogP contribution >= 0.6 is 23.1 Å². The summed E-state index contributed by atoms with van der Waals surface area (Å²) in [5.74, 6) is 2.04. The fourth-order valence-corrected chi connectivity index (χ4v) is 3.92. The standard InChI is InChI=1S/C17H18N2OS2/c20-17(18-6-8-22-12-13-5-7-21-11-13)9-14-10-19-16-4-2-1-3-15(14)16/h1-5,7,10-11,19H,6,8-9,12H2,(H,18,20). The van der Waals surface area contributed by atoms with Crippen molar-refractivity contribution in [3.63, 3.8) is 0 Å². The number of amides is 1. The molecule has 0 saturated heterocycles. The highest BCUT2D eigenvalue weighted by Crippen LogP contribution is 2.18. The van der Waals surface area contributed by atoms with E-state index in [1.165, 1.54) is 5.56 Å². The van der Waals surface area contributed by atoms with Gasteiger partial charge in [-0.1, -0.05) is 18.2 Å². The van der Waals surface area contributed by atoms with E-state index in [1.54, 1.807) is 11.3 Å². The first-order chi connectivity index (χ1) is 10.8. The average molecular weight is 330 g/mol. The van der Waals surface area contributed by atoms with Gasteiger partial charge >= 0.3 is 0 Å². The van der Waals surface area contributed by atoms with E-state index < -0.39 is 0 Å². The third kappa shape index (κ3) is 3.93. The highest BCUT2D eigenvalue weighted by molar-refractivity contribution is 7.98. The number of hydrogen-bond donors (Lipinski definition) is 2. The Balaban J connectivity index is 1.41. The summed E-state index contributed by atoms with van der Waals surface area (Å²) in [5.41, 5.74) is 3.50. The van der Waals surface area contributed by atoms with E-state index >= 15 is 0 Å². The van der Waals surface area contributed by atoms with Gasteiger partial charge in [0.15, 0.2) is 0 Å². The van der Waals surface area contributed by atoms with Crippen molar-refractivity contribution in [2.24, 2.45) is 0 Å². The van der Waals surface area contributed by atoms with Crippen LogP contribution in [0.15, 0.2) is 47.3 Å². The monoisotopic (exact) mass is 330 g/mol. The van der Waals surface area contributed by atoms with Gasteiger partial charge in [-0.05, 0) is 34.0 Å². The molecule has 114 valence electrons. The van der Waals surface area contributed by atoms with Crippen LogP contribution in [0.3, 0.4) is 0 Å². The van der Waals surface area contributed by atoms with Crippen LogP contribution in [0.2, 0.25) is 0 Å². The number of thioether (sulfide) groups is 1. The maximum Gasteiger partial charge on any atom is 0.224 e. The number of hydrogen-bond acceptors (Lipinski definition) is 3. The van der Waals surface area contributed by atoms with Crippen molar-refractivity contribution in [2.45, 2.75) is 12.2 Å². The number of benzene rings is 1. The number of fused-ring (bicyclic) bond motifs is 1. The van der Waals surface area contributed by atoms with Crippen LogP contribution in [0.4, 0.5) is 0 Å². The van der Waals surface area contributed by atoms with Gasteiger partial charge in [0.25, 0.3) is 0 Å². The van der Waals surface area contributed by atoms with Crippen molar-refractivity contribution in [3.05, 3.63) is 58.4 Å². The van der Waals surface area contributed by atoms with Gasteiger partial charge in [-0.3, -0.25) is 4.79 Å². The molecule has 0 radical (unpaired) electrons. The van der Waals surface area contributed by atoms with Crippen molar-refractivity contribution in [2.75, 3.05) is 12.3 Å². The number of nitrogens with one attached hydrogen (secondary N) is 2. The van der Waals surface area contributed by atoms with E-state index in [1.807, 2.05) is 42.2 Å². The zero-order valence-corrected chi connectivity index (χ0v) is 13.8. The van der Waals surface area contributed by atoms with Gasteiger partial charge in [-0.2, -0.15) is 23.1 Å². The third-order valence-electron chi connectivity index (χ3n) is 3.44. The van der Waals surface area contributed by atoms with E-state index in [9.17, 15) is 4.79 Å². The Morgan fingerprint density at radius 3 is 3.05 bits per heavy atom. The predicted octanol–water partition coefficient (Wildman–Crippen LogP) is 3.82. The molecule has 0 aliphatic heterocycles. The molecular formula is C17H18N2OS2. The lowest BCUT2D eigenvalue weighted by Gasteiger charge is -2.04. The lowest BCUT2D eigenvalue weighted by molar-refractivity contribution is -0.120. The second-order valence-electron chi connectivity index (χ2n) is 5.07. The molecule has 5 heteroatoms. The van der Waals surface area contributed by atoms with Gasteiger partial charge in [0.1, 0.15) is 0 Å². The summed E-state index contributed by atoms with van der Waals surface area (Å²) in [5, 5.41) is 8.39. The lowest BCUT2D eigenvalue weighted by Crippen LogP contribution is -2.27. The number of carbonyl (C=O) groups excluding carboxylic acids is 1. The molecule has 3 rings (SSSR count). The summed E-state index contributed by atoms with van der Waals surface area (Å²) in [6, 6.07) is 10.2. The summed E-state index contributed by atoms with van der Waals surface area (Å²) in [6.45, 7) is 0.718. The van der Waals surface area contributed by atoms with E-state index in [4.69, 9.17) is 0 Å². The second kappa shape index (κ2) is 7.51. The number of rotatable bonds is 7. The van der Waals surface area contributed by atoms with Gasteiger partial charge in [0.2, 0.25) is 5.91 Å². The maximum absolute atomic E-state index is 12.0. The van der Waals surface area contributed by atoms with Gasteiger partial charge < -0.3 is 10.3 Å². The second-order valence-corrected chi connectivity index (χ2v) is 6.96. The molecule has 0 spiro atoms. The third-order valence-corrected chi connectivity index (χ3v) is 5.21. The Morgan fingerprint density at radius 2 is 2.18 bits per heavy atom. The van der Waals surface area contributed by atoms with Crippen LogP contribution in [0.25, 0.3) is 10.9 Å². The van der Waals surface area contributed by atoms with Gasteiger partial charge in [-0.15, -0.1) is 0 Å². The van der Waals surface area contributed by atoms with E-state index in [-0.39, 0.29) is 5.91 Å². The lowest BCUT2D eigenvalue weighted by atomic mass is 10.1. The fraction of sp³-hybridized carbons (Fsp3) is 0.235. The molecule has 0 aliphatic rings. The number of aromatic nitrogens is 1. The molecule has 0 fully saturated rings. The molecule has 1 aromatic carbocycles. The summed E-state index contributed by atoms with van der Waals surface area (Å²) >= 11 is 3.57. The zero-order chi connectivity index (χ0) is 15.2. The molecule has 2 N–H and O–H groups in total. The van der Waals surface area contributed by atoms with Gasteiger partial charge in [-0.25, -0.2) is 0 Å². The predicted molar refractivity (Wildman–Crippen MR) is 95.5 cm³/mol. The van der Waals surface area contributed by atoms with Crippen molar-refractivity contribution in [3.8, 4) is 0 Å². The molecule has 0 unspecified atom stereocenters. The maximum atomic E-state index is 12.0. The SMILES string of the molecule is O=C(Cc1c[nH]c2ccccc12)NCCSCc1ccsc1. The van der Waals surface area contributed by atoms with E-state index in [0.29, 0.717) is 6.42 Å². The smallest absolute Gasteiger partial charge is 0.224 e. The molecule has 0 atom stereocenters. The molecule has 0 saturated carbocycles. The first-order valence-electron chi connectivity index (χ1n) is 7.23. The van der Waals surface area contributed by atoms with E-state index in [0.717, 1.165) is 34.5 Å². The highest BCUT2D eigenvalue weighted by atomic mass is 32.2. The molecule has 1 amide bonds. The molecule has 2 heterocycles. The molecule has 0 aliphatic carbocycles. The van der Waals surface area contributed by atoms with Crippen molar-refractivity contribution >= 4 is 39.9 Å². The van der Waals surface area contributed by atoms with Gasteiger partial charge in [0.05, 0.1) is 6.42 Å². The Labute approximate surface area is 138 Å². The molecule has 22 heavy (non-hydrogen) atoms. The highest BCUT2D eigenvalue weighted by Gasteiger charge is 2.07. The van der Waals surface area contributed by atoms with Crippen LogP contribution in [0.1, 0.15) is 11.1 Å². The summed E-state index contributed by atoms with van der Waals surface area (Å²) in [6.07, 6.45) is 2.36. The van der Waals surface area contributed by atoms with Crippen LogP contribution in [0.5, 0.6) is 0 Å². The van der Waals surface area contributed by atoms with E-state index in [2.05, 4.69) is 27.1 Å². The Morgan fingerprint density at radius 1 is 1.27 bits per heavy atom. The van der Waals surface area contributed by atoms with Crippen LogP contribution in [-0.2, 0) is 17.0 Å². The van der Waals surface area contributed by atoms with Gasteiger partial charge in [0, 0.05) is 35.2 Å². The molecule has 2 aromatic heterocycles. The molecule has 3 nitrogen and oxygen atoms in total. The van der Waals surface area contributed by atoms with Crippen molar-refractivity contribution in [1.82, 2.24) is 10.3 Å². The number of carbonyl (C=O) groups is 1. The number of thiophene rings is 1. The molecule has 3 aromatic rings. The number of aromatic amines is 1. The number of para-hydroxylation sites is 1. The topological polar surface area (TPSA) is 44.9 Å². The summed E-state index contributed by atoms with van der Waals surface area (Å²) in [4.78, 5) is 15.2. The molecule has 0 bridgehead atoms. The largest absolute Gasteiger partial charge is 0.361 e. The summed E-state index contributed by atoms with van der Waals surface area (Å²) < 4.78 is 0. The summed E-state index contributed by atoms with van der Waals surface area (Å²) in [7, 11) is 0. The molecular weight excluding hydrogens is 312 g/mol. The Hall–Kier alpha value is -1.72. The van der Waals surface area contributed by atoms with Crippen LogP contribution in [-0.4, -0.2) is 23.2 Å². The fourth-order valence-electron chi connectivity index (χ4n) is 2.34. The minimum atomic E-state index is 0.0842. The number of H-pyrrole nitrogens is 1. The Kier molecular flexibility index (Phi) is 5.19. The first kappa shape index (κ1) is 15.2. The average Bonchev–Trinajstić information content (AvgIpc) is 3.17. The quantitative estimate of drug-likeness (QED) is 0.647. The van der Waals surface area contributed by atoms with Crippen LogP contribution < -0.4 is 5.32 Å². The Bertz CT molecular complexity index is 734.